The zero-order valence-electron chi connectivity index (χ0n) is 6.66. The van der Waals surface area contributed by atoms with Crippen molar-refractivity contribution < 1.29 is 4.79 Å². The average molecular weight is 256 g/mol. The number of halogens is 1. The lowest BCUT2D eigenvalue weighted by Crippen LogP contribution is -1.97. The minimum absolute atomic E-state index is 0.267. The molecule has 0 unspecified atom stereocenters. The van der Waals surface area contributed by atoms with Gasteiger partial charge in [0.05, 0.1) is 11.6 Å². The Labute approximate surface area is 89.8 Å². The fourth-order valence-electron chi connectivity index (χ4n) is 0.912. The normalized spacial score (nSPS) is 9.00. The zero-order chi connectivity index (χ0) is 9.68. The highest BCUT2D eigenvalue weighted by Crippen LogP contribution is 2.12. The summed E-state index contributed by atoms with van der Waals surface area (Å²) in [5.74, 6) is -0.270. The first-order valence-electron chi connectivity index (χ1n) is 3.57. The predicted octanol–water partition coefficient (Wildman–Crippen LogP) is 2.62. The molecule has 0 saturated heterocycles. The van der Waals surface area contributed by atoms with Crippen molar-refractivity contribution in [2.45, 2.75) is 6.42 Å². The van der Waals surface area contributed by atoms with Crippen molar-refractivity contribution in [3.63, 3.8) is 0 Å². The second-order valence-electron chi connectivity index (χ2n) is 2.40. The maximum atomic E-state index is 11.0. The van der Waals surface area contributed by atoms with Crippen LogP contribution in [0.3, 0.4) is 0 Å². The molecule has 1 aromatic rings. The number of nitrogens with zero attached hydrogens (tertiary/aromatic N) is 1. The van der Waals surface area contributed by atoms with Crippen molar-refractivity contribution in [3.05, 3.63) is 34.3 Å². The first-order valence-corrected chi connectivity index (χ1v) is 4.77. The van der Waals surface area contributed by atoms with Gasteiger partial charge in [0.1, 0.15) is 0 Å². The standard InChI is InChI=1S/C9H6BrNOS/c10-8-3-1-2-7(4-8)5-9(12)11-6-13/h1-4H,5H2. The lowest BCUT2D eigenvalue weighted by Gasteiger charge is -1.96. The molecule has 0 radical (unpaired) electrons. The SMILES string of the molecule is O=C(Cc1cccc(Br)c1)N=C=S. The number of carbonyl (C=O) groups excluding carboxylic acids is 1. The van der Waals surface area contributed by atoms with Crippen molar-refractivity contribution >= 4 is 39.2 Å². The van der Waals surface area contributed by atoms with Crippen LogP contribution in [0.2, 0.25) is 0 Å². The van der Waals surface area contributed by atoms with Crippen LogP contribution < -0.4 is 0 Å². The Hall–Kier alpha value is -0.830. The number of isothiocyanates is 1. The molecule has 0 heterocycles. The highest BCUT2D eigenvalue weighted by atomic mass is 79.9. The molecule has 13 heavy (non-hydrogen) atoms. The quantitative estimate of drug-likeness (QED) is 0.601. The van der Waals surface area contributed by atoms with Crippen molar-refractivity contribution in [3.8, 4) is 0 Å². The van der Waals surface area contributed by atoms with Crippen molar-refractivity contribution in [1.82, 2.24) is 0 Å². The van der Waals surface area contributed by atoms with Crippen LogP contribution in [0.1, 0.15) is 5.56 Å². The van der Waals surface area contributed by atoms with E-state index in [1.807, 2.05) is 29.4 Å². The first-order chi connectivity index (χ1) is 6.22. The third-order valence-corrected chi connectivity index (χ3v) is 2.00. The van der Waals surface area contributed by atoms with E-state index in [-0.39, 0.29) is 12.3 Å². The van der Waals surface area contributed by atoms with Gasteiger partial charge in [-0.2, -0.15) is 4.99 Å². The van der Waals surface area contributed by atoms with E-state index >= 15 is 0 Å². The van der Waals surface area contributed by atoms with Crippen LogP contribution in [0.4, 0.5) is 0 Å². The number of thiocarbonyl (C=S) groups is 1. The van der Waals surface area contributed by atoms with Gasteiger partial charge in [-0.25, -0.2) is 0 Å². The van der Waals surface area contributed by atoms with E-state index in [0.717, 1.165) is 10.0 Å². The molecule has 0 aliphatic heterocycles. The van der Waals surface area contributed by atoms with Crippen LogP contribution in [0.25, 0.3) is 0 Å². The number of hydrogen-bond acceptors (Lipinski definition) is 2. The van der Waals surface area contributed by atoms with E-state index in [0.29, 0.717) is 0 Å². The van der Waals surface area contributed by atoms with Gasteiger partial charge in [0, 0.05) is 4.47 Å². The number of rotatable bonds is 2. The Kier molecular flexibility index (Phi) is 3.96. The molecule has 0 fully saturated rings. The average Bonchev–Trinajstić information content (AvgIpc) is 2.04. The lowest BCUT2D eigenvalue weighted by atomic mass is 10.1. The number of aliphatic imine (C=N–C) groups is 1. The Morgan fingerprint density at radius 1 is 1.62 bits per heavy atom. The van der Waals surface area contributed by atoms with E-state index in [1.165, 1.54) is 0 Å². The van der Waals surface area contributed by atoms with E-state index < -0.39 is 0 Å². The summed E-state index contributed by atoms with van der Waals surface area (Å²) in [6, 6.07) is 7.50. The van der Waals surface area contributed by atoms with Crippen molar-refractivity contribution in [2.75, 3.05) is 0 Å². The molecular formula is C9H6BrNOS. The Morgan fingerprint density at radius 2 is 2.38 bits per heavy atom. The zero-order valence-corrected chi connectivity index (χ0v) is 9.06. The number of benzene rings is 1. The molecule has 4 heteroatoms. The molecule has 0 N–H and O–H groups in total. The fraction of sp³-hybridized carbons (Fsp3) is 0.111. The Balaban J connectivity index is 2.74. The molecule has 0 spiro atoms. The predicted molar refractivity (Wildman–Crippen MR) is 57.9 cm³/mol. The Bertz CT molecular complexity index is 372. The topological polar surface area (TPSA) is 29.4 Å². The van der Waals surface area contributed by atoms with E-state index in [1.54, 1.807) is 0 Å². The second kappa shape index (κ2) is 5.02. The van der Waals surface area contributed by atoms with Crippen LogP contribution in [-0.2, 0) is 11.2 Å². The van der Waals surface area contributed by atoms with Gasteiger partial charge in [0.25, 0.3) is 5.91 Å². The molecule has 1 rings (SSSR count). The minimum Gasteiger partial charge on any atom is -0.271 e. The minimum atomic E-state index is -0.270. The highest BCUT2D eigenvalue weighted by Gasteiger charge is 2.00. The summed E-state index contributed by atoms with van der Waals surface area (Å²) in [6.07, 6.45) is 0.267. The summed E-state index contributed by atoms with van der Waals surface area (Å²) in [5, 5.41) is 2.05. The smallest absolute Gasteiger partial charge is 0.258 e. The van der Waals surface area contributed by atoms with Gasteiger partial charge >= 0.3 is 0 Å². The molecule has 66 valence electrons. The summed E-state index contributed by atoms with van der Waals surface area (Å²) in [7, 11) is 0. The third kappa shape index (κ3) is 3.59. The maximum Gasteiger partial charge on any atom is 0.258 e. The van der Waals surface area contributed by atoms with Crippen molar-refractivity contribution in [1.29, 1.82) is 0 Å². The maximum absolute atomic E-state index is 11.0. The largest absolute Gasteiger partial charge is 0.271 e. The second-order valence-corrected chi connectivity index (χ2v) is 3.50. The van der Waals surface area contributed by atoms with Gasteiger partial charge in [0.2, 0.25) is 0 Å². The summed E-state index contributed by atoms with van der Waals surface area (Å²) in [6.45, 7) is 0. The molecule has 2 nitrogen and oxygen atoms in total. The number of carbonyl (C=O) groups is 1. The first kappa shape index (κ1) is 10.3. The van der Waals surface area contributed by atoms with E-state index in [4.69, 9.17) is 0 Å². The molecule has 0 aliphatic rings. The van der Waals surface area contributed by atoms with Gasteiger partial charge in [-0.1, -0.05) is 28.1 Å². The van der Waals surface area contributed by atoms with Gasteiger partial charge in [-0.05, 0) is 29.9 Å². The van der Waals surface area contributed by atoms with E-state index in [2.05, 4.69) is 33.1 Å². The summed E-state index contributed by atoms with van der Waals surface area (Å²) >= 11 is 7.64. The van der Waals surface area contributed by atoms with Crippen LogP contribution in [0.5, 0.6) is 0 Å². The van der Waals surface area contributed by atoms with Crippen molar-refractivity contribution in [2.24, 2.45) is 4.99 Å². The van der Waals surface area contributed by atoms with Gasteiger partial charge in [-0.15, -0.1) is 0 Å². The highest BCUT2D eigenvalue weighted by molar-refractivity contribution is 9.10. The number of amides is 1. The molecular weight excluding hydrogens is 250 g/mol. The molecule has 0 bridgehead atoms. The van der Waals surface area contributed by atoms with Gasteiger partial charge in [-0.3, -0.25) is 4.79 Å². The monoisotopic (exact) mass is 255 g/mol. The van der Waals surface area contributed by atoms with E-state index in [9.17, 15) is 4.79 Å². The van der Waals surface area contributed by atoms with Crippen LogP contribution >= 0.6 is 28.1 Å². The summed E-state index contributed by atoms with van der Waals surface area (Å²) in [4.78, 5) is 14.4. The summed E-state index contributed by atoms with van der Waals surface area (Å²) < 4.78 is 0.948. The van der Waals surface area contributed by atoms with Crippen LogP contribution in [-0.4, -0.2) is 11.1 Å². The van der Waals surface area contributed by atoms with Gasteiger partial charge < -0.3 is 0 Å². The van der Waals surface area contributed by atoms with Gasteiger partial charge in [0.15, 0.2) is 0 Å². The van der Waals surface area contributed by atoms with Crippen LogP contribution in [0, 0.1) is 0 Å². The molecule has 0 saturated carbocycles. The van der Waals surface area contributed by atoms with Crippen LogP contribution in [0.15, 0.2) is 33.7 Å². The third-order valence-electron chi connectivity index (χ3n) is 1.41. The number of hydrogen-bond donors (Lipinski definition) is 0. The lowest BCUT2D eigenvalue weighted by molar-refractivity contribution is -0.117. The Morgan fingerprint density at radius 3 is 3.00 bits per heavy atom. The molecule has 0 atom stereocenters. The molecule has 0 aromatic heterocycles. The fourth-order valence-corrected chi connectivity index (χ4v) is 1.46. The molecule has 1 aromatic carbocycles. The summed E-state index contributed by atoms with van der Waals surface area (Å²) in [5.41, 5.74) is 0.911. The molecule has 0 aliphatic carbocycles. The molecule has 1 amide bonds.